The van der Waals surface area contributed by atoms with Crippen LogP contribution in [0.5, 0.6) is 0 Å². The molecule has 5 heteroatoms. The fourth-order valence-corrected chi connectivity index (χ4v) is 4.95. The van der Waals surface area contributed by atoms with E-state index in [0.717, 1.165) is 58.7 Å². The number of hydrogen-bond acceptors (Lipinski definition) is 3. The third kappa shape index (κ3) is 7.44. The van der Waals surface area contributed by atoms with Crippen molar-refractivity contribution in [3.05, 3.63) is 89.6 Å². The van der Waals surface area contributed by atoms with Crippen LogP contribution in [0.25, 0.3) is 32.8 Å². The number of allylic oxidation sites excluding steroid dienone is 2. The number of carbonyl (C=O) groups excluding carboxylic acids is 1. The molecule has 0 spiro atoms. The van der Waals surface area contributed by atoms with Crippen molar-refractivity contribution in [3.63, 3.8) is 0 Å². The summed E-state index contributed by atoms with van der Waals surface area (Å²) in [6.45, 7) is 14.2. The molecule has 40 heavy (non-hydrogen) atoms. The average molecular weight is 719 g/mol. The van der Waals surface area contributed by atoms with E-state index in [1.807, 2.05) is 65.8 Å². The van der Waals surface area contributed by atoms with Crippen LogP contribution < -0.4 is 0 Å². The van der Waals surface area contributed by atoms with Gasteiger partial charge in [-0.25, -0.2) is 4.39 Å². The number of aliphatic hydroxyl groups excluding tert-OH is 1. The van der Waals surface area contributed by atoms with Gasteiger partial charge in [0.05, 0.1) is 5.76 Å². The van der Waals surface area contributed by atoms with Gasteiger partial charge < -0.3 is 10.1 Å². The third-order valence-electron chi connectivity index (χ3n) is 7.99. The van der Waals surface area contributed by atoms with Gasteiger partial charge in [0.15, 0.2) is 5.78 Å². The molecule has 0 unspecified atom stereocenters. The van der Waals surface area contributed by atoms with Crippen LogP contribution in [-0.2, 0) is 24.9 Å². The summed E-state index contributed by atoms with van der Waals surface area (Å²) in [5.41, 5.74) is 3.82. The van der Waals surface area contributed by atoms with Crippen molar-refractivity contribution in [2.75, 3.05) is 0 Å². The minimum absolute atomic E-state index is 0. The fraction of sp³-hybridized carbons (Fsp3) is 0.371. The molecular weight excluding hydrogens is 678 g/mol. The average Bonchev–Trinajstić information content (AvgIpc) is 2.92. The number of halogens is 1. The predicted molar refractivity (Wildman–Crippen MR) is 161 cm³/mol. The van der Waals surface area contributed by atoms with Crippen LogP contribution >= 0.6 is 0 Å². The van der Waals surface area contributed by atoms with Crippen LogP contribution in [-0.4, -0.2) is 15.9 Å². The number of rotatable bonds is 8. The molecule has 0 aliphatic carbocycles. The number of hydrogen-bond donors (Lipinski definition) is 1. The Kier molecular flexibility index (Phi) is 12.2. The summed E-state index contributed by atoms with van der Waals surface area (Å²) in [4.78, 5) is 16.6. The maximum Gasteiger partial charge on any atom is 0.164 e. The molecule has 0 saturated carbocycles. The Morgan fingerprint density at radius 2 is 1.60 bits per heavy atom. The van der Waals surface area contributed by atoms with Gasteiger partial charge >= 0.3 is 0 Å². The first-order valence-corrected chi connectivity index (χ1v) is 14.0. The molecule has 0 aliphatic heterocycles. The largest absolute Gasteiger partial charge is 0.512 e. The summed E-state index contributed by atoms with van der Waals surface area (Å²) in [5, 5.41) is 13.5. The summed E-state index contributed by atoms with van der Waals surface area (Å²) in [5.74, 6) is 0.243. The number of benzene rings is 3. The Morgan fingerprint density at radius 3 is 2.20 bits per heavy atom. The van der Waals surface area contributed by atoms with Crippen molar-refractivity contribution < 1.29 is 34.4 Å². The van der Waals surface area contributed by atoms with Gasteiger partial charge in [-0.05, 0) is 59.7 Å². The van der Waals surface area contributed by atoms with Crippen molar-refractivity contribution in [1.82, 2.24) is 4.98 Å². The molecule has 1 heterocycles. The van der Waals surface area contributed by atoms with E-state index in [9.17, 15) is 14.3 Å². The van der Waals surface area contributed by atoms with Gasteiger partial charge in [-0.1, -0.05) is 72.7 Å². The number of fused-ring (bicyclic) bond motifs is 3. The van der Waals surface area contributed by atoms with Crippen molar-refractivity contribution in [2.45, 2.75) is 74.1 Å². The van der Waals surface area contributed by atoms with Gasteiger partial charge in [-0.3, -0.25) is 4.79 Å². The van der Waals surface area contributed by atoms with E-state index < -0.39 is 0 Å². The molecule has 0 bridgehead atoms. The van der Waals surface area contributed by atoms with E-state index >= 15 is 0 Å². The van der Waals surface area contributed by atoms with Crippen LogP contribution in [0.1, 0.15) is 71.4 Å². The summed E-state index contributed by atoms with van der Waals surface area (Å²) in [6.07, 6.45) is 6.62. The SMILES string of the molecule is CCC(CC)/C(O)=C/C(=O)C(C)(CC)CC.Cc1[c-]c(-c2nccc3c2ccc2c(F)cccc23)cc(C)c1.[Ir]. The van der Waals surface area contributed by atoms with E-state index in [-0.39, 0.29) is 48.8 Å². The number of pyridine rings is 1. The standard InChI is InChI=1S/C21H15FN.C14H26O2.Ir/c1-13-10-14(2)12-15(11-13)21-19-7-6-18-16(4-3-5-20(18)22)17(19)8-9-23-21;1-6-11(7-2)12(15)10-13(16)14(5,8-3)9-4;/h3-11H,1-2H3;10-11,15H,6-9H2,1-5H3;/q-1;;/b;12-10-;. The van der Waals surface area contributed by atoms with Gasteiger partial charge in [0.1, 0.15) is 5.82 Å². The van der Waals surface area contributed by atoms with Gasteiger partial charge in [-0.2, -0.15) is 0 Å². The first-order chi connectivity index (χ1) is 18.6. The van der Waals surface area contributed by atoms with E-state index in [1.54, 1.807) is 12.3 Å². The van der Waals surface area contributed by atoms with E-state index in [0.29, 0.717) is 5.39 Å². The zero-order chi connectivity index (χ0) is 28.7. The van der Waals surface area contributed by atoms with E-state index in [4.69, 9.17) is 0 Å². The molecule has 4 aromatic rings. The molecular formula is C35H41FIrNO2-. The van der Waals surface area contributed by atoms with E-state index in [2.05, 4.69) is 30.1 Å². The fourth-order valence-electron chi connectivity index (χ4n) is 4.95. The predicted octanol–water partition coefficient (Wildman–Crippen LogP) is 9.87. The van der Waals surface area contributed by atoms with Crippen molar-refractivity contribution >= 4 is 27.3 Å². The number of aromatic nitrogens is 1. The molecule has 3 nitrogen and oxygen atoms in total. The molecule has 0 aliphatic rings. The zero-order valence-corrected chi connectivity index (χ0v) is 27.1. The van der Waals surface area contributed by atoms with E-state index in [1.165, 1.54) is 17.7 Å². The Bertz CT molecular complexity index is 1470. The smallest absolute Gasteiger partial charge is 0.164 e. The molecule has 0 atom stereocenters. The van der Waals surface area contributed by atoms with Gasteiger partial charge in [-0.15, -0.1) is 34.9 Å². The number of ketones is 1. The number of aliphatic hydroxyl groups is 1. The minimum Gasteiger partial charge on any atom is -0.512 e. The molecule has 215 valence electrons. The molecule has 0 amide bonds. The molecule has 1 aromatic heterocycles. The topological polar surface area (TPSA) is 50.2 Å². The quantitative estimate of drug-likeness (QED) is 0.0855. The Labute approximate surface area is 252 Å². The first kappa shape index (κ1) is 33.3. The Morgan fingerprint density at radius 1 is 0.975 bits per heavy atom. The van der Waals surface area contributed by atoms with Gasteiger partial charge in [0, 0.05) is 49.1 Å². The molecule has 1 N–H and O–H groups in total. The number of nitrogens with zero attached hydrogens (tertiary/aromatic N) is 1. The van der Waals surface area contributed by atoms with Crippen LogP contribution in [0.4, 0.5) is 4.39 Å². The zero-order valence-electron chi connectivity index (χ0n) is 24.7. The second-order valence-corrected chi connectivity index (χ2v) is 10.6. The molecule has 3 aromatic carbocycles. The summed E-state index contributed by atoms with van der Waals surface area (Å²) in [6, 6.07) is 18.5. The summed E-state index contributed by atoms with van der Waals surface area (Å²) in [7, 11) is 0. The maximum atomic E-state index is 14.0. The normalized spacial score (nSPS) is 11.8. The van der Waals surface area contributed by atoms with Crippen LogP contribution in [0.2, 0.25) is 0 Å². The van der Waals surface area contributed by atoms with Crippen LogP contribution in [0.15, 0.2) is 66.6 Å². The Balaban J connectivity index is 0.000000294. The van der Waals surface area contributed by atoms with Crippen LogP contribution in [0, 0.1) is 37.1 Å². The second-order valence-electron chi connectivity index (χ2n) is 10.6. The summed E-state index contributed by atoms with van der Waals surface area (Å²) >= 11 is 0. The first-order valence-electron chi connectivity index (χ1n) is 14.0. The van der Waals surface area contributed by atoms with Crippen molar-refractivity contribution in [2.24, 2.45) is 11.3 Å². The minimum atomic E-state index is -0.319. The number of carbonyl (C=O) groups is 1. The van der Waals surface area contributed by atoms with Crippen LogP contribution in [0.3, 0.4) is 0 Å². The second kappa shape index (κ2) is 14.7. The molecule has 1 radical (unpaired) electrons. The van der Waals surface area contributed by atoms with Crippen molar-refractivity contribution in [3.8, 4) is 11.3 Å². The molecule has 0 fully saturated rings. The molecule has 4 rings (SSSR count). The number of aryl methyl sites for hydroxylation is 2. The summed E-state index contributed by atoms with van der Waals surface area (Å²) < 4.78 is 14.0. The van der Waals surface area contributed by atoms with Gasteiger partial charge in [0.25, 0.3) is 0 Å². The van der Waals surface area contributed by atoms with Crippen molar-refractivity contribution in [1.29, 1.82) is 0 Å². The third-order valence-corrected chi connectivity index (χ3v) is 7.99. The van der Waals surface area contributed by atoms with Gasteiger partial charge in [0.2, 0.25) is 0 Å². The molecule has 0 saturated heterocycles. The maximum absolute atomic E-state index is 14.0. The monoisotopic (exact) mass is 719 g/mol. The Hall–Kier alpha value is -2.88.